The fraction of sp³-hybridized carbons (Fsp3) is 0.263. The van der Waals surface area contributed by atoms with Gasteiger partial charge in [-0.15, -0.1) is 17.0 Å². The molecule has 0 heterocycles. The van der Waals surface area contributed by atoms with Crippen molar-refractivity contribution in [1.29, 1.82) is 5.41 Å². The molecule has 0 aromatic heterocycles. The van der Waals surface area contributed by atoms with E-state index in [9.17, 15) is 4.79 Å². The molecule has 0 saturated carbocycles. The van der Waals surface area contributed by atoms with Crippen LogP contribution in [0.3, 0.4) is 0 Å². The number of aryl methyl sites for hydroxylation is 1. The maximum Gasteiger partial charge on any atom is 0.151 e. The molecule has 25 heavy (non-hydrogen) atoms. The van der Waals surface area contributed by atoms with Crippen molar-refractivity contribution in [3.05, 3.63) is 70.2 Å². The first-order valence-corrected chi connectivity index (χ1v) is 9.21. The summed E-state index contributed by atoms with van der Waals surface area (Å²) in [7, 11) is 0. The summed E-state index contributed by atoms with van der Waals surface area (Å²) in [6, 6.07) is 15.6. The van der Waals surface area contributed by atoms with Crippen LogP contribution in [0.1, 0.15) is 29.5 Å². The van der Waals surface area contributed by atoms with Crippen molar-refractivity contribution in [3.8, 4) is 0 Å². The van der Waals surface area contributed by atoms with Gasteiger partial charge >= 0.3 is 0 Å². The molecule has 3 N–H and O–H groups in total. The van der Waals surface area contributed by atoms with Crippen molar-refractivity contribution in [1.82, 2.24) is 0 Å². The number of nitrogens with one attached hydrogen (secondary N) is 1. The molecule has 2 aromatic rings. The first kappa shape index (κ1) is 21.7. The van der Waals surface area contributed by atoms with E-state index in [2.05, 4.69) is 0 Å². The van der Waals surface area contributed by atoms with Crippen molar-refractivity contribution < 1.29 is 4.79 Å². The summed E-state index contributed by atoms with van der Waals surface area (Å²) < 4.78 is 0. The molecule has 2 aromatic carbocycles. The van der Waals surface area contributed by atoms with E-state index in [4.69, 9.17) is 22.7 Å². The van der Waals surface area contributed by atoms with E-state index < -0.39 is 0 Å². The zero-order valence-electron chi connectivity index (χ0n) is 13.8. The van der Waals surface area contributed by atoms with Crippen molar-refractivity contribution in [2.75, 3.05) is 0 Å². The minimum absolute atomic E-state index is 0. The number of nitrogens with two attached hydrogens (primary N) is 1. The number of carbonyl (C=O) groups is 1. The first-order chi connectivity index (χ1) is 11.6. The molecule has 3 nitrogen and oxygen atoms in total. The molecule has 0 unspecified atom stereocenters. The number of amidine groups is 1. The fourth-order valence-corrected chi connectivity index (χ4v) is 3.33. The highest BCUT2D eigenvalue weighted by molar-refractivity contribution is 8.93. The van der Waals surface area contributed by atoms with E-state index in [0.717, 1.165) is 34.6 Å². The van der Waals surface area contributed by atoms with E-state index in [1.807, 2.05) is 48.5 Å². The van der Waals surface area contributed by atoms with Crippen LogP contribution in [0.5, 0.6) is 0 Å². The monoisotopic (exact) mass is 440 g/mol. The molecule has 0 spiro atoms. The first-order valence-electron chi connectivity index (χ1n) is 7.85. The maximum atomic E-state index is 12.3. The van der Waals surface area contributed by atoms with Crippen LogP contribution in [0.2, 0.25) is 5.02 Å². The predicted octanol–water partition coefficient (Wildman–Crippen LogP) is 5.18. The number of rotatable bonds is 8. The molecule has 0 atom stereocenters. The molecule has 0 radical (unpaired) electrons. The van der Waals surface area contributed by atoms with Gasteiger partial charge in [0.25, 0.3) is 0 Å². The Hall–Kier alpha value is -1.30. The van der Waals surface area contributed by atoms with Crippen LogP contribution in [0, 0.1) is 5.41 Å². The van der Waals surface area contributed by atoms with Gasteiger partial charge in [0.15, 0.2) is 5.17 Å². The van der Waals surface area contributed by atoms with Gasteiger partial charge in [-0.1, -0.05) is 65.8 Å². The lowest BCUT2D eigenvalue weighted by molar-refractivity contribution is -0.118. The van der Waals surface area contributed by atoms with Crippen molar-refractivity contribution in [2.45, 2.75) is 31.4 Å². The lowest BCUT2D eigenvalue weighted by Crippen LogP contribution is -2.07. The topological polar surface area (TPSA) is 66.9 Å². The Balaban J connectivity index is 0.00000312. The Morgan fingerprint density at radius 2 is 1.64 bits per heavy atom. The summed E-state index contributed by atoms with van der Waals surface area (Å²) in [6.07, 6.45) is 2.58. The molecule has 0 saturated heterocycles. The molecule has 0 aliphatic heterocycles. The Kier molecular flexibility index (Phi) is 9.86. The Morgan fingerprint density at radius 3 is 2.28 bits per heavy atom. The third-order valence-electron chi connectivity index (χ3n) is 3.75. The molecule has 0 bridgehead atoms. The maximum absolute atomic E-state index is 12.3. The second-order valence-electron chi connectivity index (χ2n) is 5.58. The molecular weight excluding hydrogens is 420 g/mol. The third kappa shape index (κ3) is 7.63. The van der Waals surface area contributed by atoms with Gasteiger partial charge < -0.3 is 5.73 Å². The van der Waals surface area contributed by atoms with Gasteiger partial charge in [-0.2, -0.15) is 0 Å². The predicted molar refractivity (Wildman–Crippen MR) is 113 cm³/mol. The number of thioether (sulfide) groups is 1. The largest absolute Gasteiger partial charge is 0.379 e. The summed E-state index contributed by atoms with van der Waals surface area (Å²) in [6.45, 7) is 0. The fourth-order valence-electron chi connectivity index (χ4n) is 2.50. The van der Waals surface area contributed by atoms with Crippen LogP contribution in [-0.2, 0) is 23.4 Å². The standard InChI is InChI=1S/C19H21ClN2OS.BrH/c20-18-11-4-3-6-14(18)9-5-10-17(23)12-15-7-1-2-8-16(15)13-24-19(21)22;/h1-4,6-8,11H,5,9-10,12-13H2,(H3,21,22);1H. The van der Waals surface area contributed by atoms with Crippen LogP contribution in [0.4, 0.5) is 0 Å². The van der Waals surface area contributed by atoms with E-state index in [1.165, 1.54) is 11.8 Å². The average molecular weight is 442 g/mol. The van der Waals surface area contributed by atoms with Gasteiger partial charge in [0.2, 0.25) is 0 Å². The lowest BCUT2D eigenvalue weighted by atomic mass is 9.99. The van der Waals surface area contributed by atoms with Gasteiger partial charge in [0.05, 0.1) is 0 Å². The summed E-state index contributed by atoms with van der Waals surface area (Å²) in [5.74, 6) is 0.848. The zero-order valence-corrected chi connectivity index (χ0v) is 17.1. The second-order valence-corrected chi connectivity index (χ2v) is 7.01. The van der Waals surface area contributed by atoms with Gasteiger partial charge in [-0.3, -0.25) is 10.2 Å². The summed E-state index contributed by atoms with van der Waals surface area (Å²) >= 11 is 7.41. The smallest absolute Gasteiger partial charge is 0.151 e. The second kappa shape index (κ2) is 11.3. The van der Waals surface area contributed by atoms with E-state index in [-0.39, 0.29) is 27.9 Å². The van der Waals surface area contributed by atoms with Crippen molar-refractivity contribution in [3.63, 3.8) is 0 Å². The molecule has 0 aliphatic rings. The zero-order chi connectivity index (χ0) is 17.4. The molecule has 134 valence electrons. The highest BCUT2D eigenvalue weighted by Crippen LogP contribution is 2.19. The number of halogens is 2. The van der Waals surface area contributed by atoms with E-state index >= 15 is 0 Å². The van der Waals surface area contributed by atoms with Crippen LogP contribution in [0.25, 0.3) is 0 Å². The van der Waals surface area contributed by atoms with E-state index in [0.29, 0.717) is 18.6 Å². The van der Waals surface area contributed by atoms with Crippen molar-refractivity contribution >= 4 is 51.3 Å². The molecule has 6 heteroatoms. The summed E-state index contributed by atoms with van der Waals surface area (Å²) in [5, 5.41) is 8.16. The number of benzene rings is 2. The summed E-state index contributed by atoms with van der Waals surface area (Å²) in [5.41, 5.74) is 8.57. The number of hydrogen-bond acceptors (Lipinski definition) is 3. The lowest BCUT2D eigenvalue weighted by Gasteiger charge is -2.09. The van der Waals surface area contributed by atoms with Gasteiger partial charge in [-0.05, 0) is 35.6 Å². The quantitative estimate of drug-likeness (QED) is 0.438. The Labute approximate surface area is 168 Å². The Bertz CT molecular complexity index is 724. The van der Waals surface area contributed by atoms with Gasteiger partial charge in [0, 0.05) is 23.6 Å². The number of carbonyl (C=O) groups excluding carboxylic acids is 1. The number of Topliss-reactive ketones (excluding diaryl/α,β-unsaturated/α-hetero) is 1. The van der Waals surface area contributed by atoms with Crippen LogP contribution >= 0.6 is 40.3 Å². The average Bonchev–Trinajstić information content (AvgIpc) is 2.56. The van der Waals surface area contributed by atoms with Gasteiger partial charge in [0.1, 0.15) is 5.78 Å². The third-order valence-corrected chi connectivity index (χ3v) is 4.88. The van der Waals surface area contributed by atoms with E-state index in [1.54, 1.807) is 0 Å². The molecule has 2 rings (SSSR count). The summed E-state index contributed by atoms with van der Waals surface area (Å²) in [4.78, 5) is 12.3. The minimum atomic E-state index is 0. The number of ketones is 1. The molecule has 0 aliphatic carbocycles. The SMILES string of the molecule is Br.N=C(N)SCc1ccccc1CC(=O)CCCc1ccccc1Cl. The minimum Gasteiger partial charge on any atom is -0.379 e. The van der Waals surface area contributed by atoms with Crippen LogP contribution < -0.4 is 5.73 Å². The Morgan fingerprint density at radius 1 is 1.04 bits per heavy atom. The number of hydrogen-bond donors (Lipinski definition) is 2. The highest BCUT2D eigenvalue weighted by Gasteiger charge is 2.09. The molecule has 0 fully saturated rings. The van der Waals surface area contributed by atoms with Crippen LogP contribution in [-0.4, -0.2) is 11.0 Å². The normalized spacial score (nSPS) is 10.1. The van der Waals surface area contributed by atoms with Gasteiger partial charge in [-0.25, -0.2) is 0 Å². The molecule has 0 amide bonds. The highest BCUT2D eigenvalue weighted by atomic mass is 79.9. The molecular formula is C19H22BrClN2OS. The van der Waals surface area contributed by atoms with Crippen LogP contribution in [0.15, 0.2) is 48.5 Å². The van der Waals surface area contributed by atoms with Crippen molar-refractivity contribution in [2.24, 2.45) is 5.73 Å².